The smallest absolute Gasteiger partial charge is 0.339 e. The summed E-state index contributed by atoms with van der Waals surface area (Å²) in [7, 11) is 0. The molecule has 0 bridgehead atoms. The minimum absolute atomic E-state index is 0.230. The minimum atomic E-state index is -0.939. The van der Waals surface area contributed by atoms with Crippen LogP contribution < -0.4 is 10.6 Å². The average molecular weight is 308 g/mol. The second kappa shape index (κ2) is 6.05. The molecule has 1 aromatic heterocycles. The van der Waals surface area contributed by atoms with Gasteiger partial charge in [-0.25, -0.2) is 9.59 Å². The largest absolute Gasteiger partial charge is 0.478 e. The summed E-state index contributed by atoms with van der Waals surface area (Å²) in [5.74, 6) is -0.939. The number of anilines is 1. The first-order valence-electron chi connectivity index (χ1n) is 7.60. The summed E-state index contributed by atoms with van der Waals surface area (Å²) in [6, 6.07) is -0.0455. The Kier molecular flexibility index (Phi) is 4.14. The summed E-state index contributed by atoms with van der Waals surface area (Å²) in [6.45, 7) is 0. The molecule has 114 valence electrons. The number of fused-ring (bicyclic) bond motifs is 1. The van der Waals surface area contributed by atoms with Crippen molar-refractivity contribution in [3.8, 4) is 0 Å². The lowest BCUT2D eigenvalue weighted by Crippen LogP contribution is -2.36. The molecule has 0 aliphatic heterocycles. The maximum atomic E-state index is 12.0. The van der Waals surface area contributed by atoms with Gasteiger partial charge in [-0.05, 0) is 44.1 Å². The molecule has 21 heavy (non-hydrogen) atoms. The lowest BCUT2D eigenvalue weighted by atomic mass is 9.95. The first-order valence-corrected chi connectivity index (χ1v) is 8.42. The molecule has 1 aromatic rings. The summed E-state index contributed by atoms with van der Waals surface area (Å²) in [5, 5.41) is 15.6. The Bertz CT molecular complexity index is 562. The van der Waals surface area contributed by atoms with Gasteiger partial charge in [-0.2, -0.15) is 0 Å². The molecule has 0 unspecified atom stereocenters. The van der Waals surface area contributed by atoms with E-state index in [-0.39, 0.29) is 12.1 Å². The van der Waals surface area contributed by atoms with Crippen LogP contribution in [0.5, 0.6) is 0 Å². The minimum Gasteiger partial charge on any atom is -0.478 e. The molecule has 1 saturated carbocycles. The first-order chi connectivity index (χ1) is 10.1. The third-order valence-electron chi connectivity index (χ3n) is 4.30. The van der Waals surface area contributed by atoms with Gasteiger partial charge in [0.05, 0.1) is 5.56 Å². The molecule has 1 heterocycles. The maximum Gasteiger partial charge on any atom is 0.339 e. The standard InChI is InChI=1S/C15H20N2O3S/c18-14(19)12-10-7-3-4-8-11(10)21-13(12)17-15(20)16-9-5-1-2-6-9/h9H,1-8H2,(H,18,19)(H2,16,17,20). The van der Waals surface area contributed by atoms with Gasteiger partial charge in [0.1, 0.15) is 5.00 Å². The Labute approximate surface area is 127 Å². The predicted molar refractivity (Wildman–Crippen MR) is 82.3 cm³/mol. The molecule has 2 amide bonds. The van der Waals surface area contributed by atoms with Gasteiger partial charge in [-0.1, -0.05) is 12.8 Å². The topological polar surface area (TPSA) is 78.4 Å². The Balaban J connectivity index is 1.76. The van der Waals surface area contributed by atoms with E-state index >= 15 is 0 Å². The lowest BCUT2D eigenvalue weighted by Gasteiger charge is -2.13. The van der Waals surface area contributed by atoms with E-state index in [2.05, 4.69) is 10.6 Å². The maximum absolute atomic E-state index is 12.0. The van der Waals surface area contributed by atoms with Crippen molar-refractivity contribution >= 4 is 28.3 Å². The van der Waals surface area contributed by atoms with Crippen LogP contribution in [0.3, 0.4) is 0 Å². The Morgan fingerprint density at radius 2 is 1.81 bits per heavy atom. The number of aromatic carboxylic acids is 1. The number of carboxylic acid groups (broad SMARTS) is 1. The van der Waals surface area contributed by atoms with Crippen LogP contribution in [-0.2, 0) is 12.8 Å². The highest BCUT2D eigenvalue weighted by atomic mass is 32.1. The molecule has 3 N–H and O–H groups in total. The zero-order chi connectivity index (χ0) is 14.8. The quantitative estimate of drug-likeness (QED) is 0.801. The van der Waals surface area contributed by atoms with Crippen molar-refractivity contribution in [3.05, 3.63) is 16.0 Å². The Morgan fingerprint density at radius 3 is 2.52 bits per heavy atom. The lowest BCUT2D eigenvalue weighted by molar-refractivity contribution is 0.0697. The van der Waals surface area contributed by atoms with E-state index in [9.17, 15) is 14.7 Å². The molecule has 2 aliphatic carbocycles. The van der Waals surface area contributed by atoms with Gasteiger partial charge in [-0.15, -0.1) is 11.3 Å². The Hall–Kier alpha value is -1.56. The number of nitrogens with one attached hydrogen (secondary N) is 2. The molecule has 2 aliphatic rings. The van der Waals surface area contributed by atoms with Crippen LogP contribution in [0.2, 0.25) is 0 Å². The van der Waals surface area contributed by atoms with Crippen LogP contribution in [-0.4, -0.2) is 23.1 Å². The highest BCUT2D eigenvalue weighted by Crippen LogP contribution is 2.38. The second-order valence-corrected chi connectivity index (χ2v) is 6.91. The summed E-state index contributed by atoms with van der Waals surface area (Å²) >= 11 is 1.42. The SMILES string of the molecule is O=C(Nc1sc2c(c1C(=O)O)CCCC2)NC1CCCC1. The number of hydrogen-bond acceptors (Lipinski definition) is 3. The summed E-state index contributed by atoms with van der Waals surface area (Å²) in [5.41, 5.74) is 1.23. The van der Waals surface area contributed by atoms with Crippen molar-refractivity contribution in [2.75, 3.05) is 5.32 Å². The molecule has 0 aromatic carbocycles. The molecule has 0 saturated heterocycles. The van der Waals surface area contributed by atoms with Crippen molar-refractivity contribution in [1.82, 2.24) is 5.32 Å². The molecule has 1 fully saturated rings. The van der Waals surface area contributed by atoms with Crippen LogP contribution in [0.1, 0.15) is 59.3 Å². The average Bonchev–Trinajstić information content (AvgIpc) is 3.04. The van der Waals surface area contributed by atoms with Gasteiger partial charge < -0.3 is 10.4 Å². The van der Waals surface area contributed by atoms with Gasteiger partial charge in [0.15, 0.2) is 0 Å². The molecule has 0 atom stereocenters. The monoisotopic (exact) mass is 308 g/mol. The number of carbonyl (C=O) groups is 2. The van der Waals surface area contributed by atoms with Crippen LogP contribution in [0.25, 0.3) is 0 Å². The summed E-state index contributed by atoms with van der Waals surface area (Å²) in [6.07, 6.45) is 8.18. The number of rotatable bonds is 3. The molecular formula is C15H20N2O3S. The van der Waals surface area contributed by atoms with Crippen molar-refractivity contribution < 1.29 is 14.7 Å². The fourth-order valence-corrected chi connectivity index (χ4v) is 4.55. The van der Waals surface area contributed by atoms with Crippen molar-refractivity contribution in [2.24, 2.45) is 0 Å². The van der Waals surface area contributed by atoms with E-state index in [1.54, 1.807) is 0 Å². The fraction of sp³-hybridized carbons (Fsp3) is 0.600. The molecule has 5 nitrogen and oxygen atoms in total. The van der Waals surface area contributed by atoms with Crippen LogP contribution in [0.15, 0.2) is 0 Å². The summed E-state index contributed by atoms with van der Waals surface area (Å²) < 4.78 is 0. The Morgan fingerprint density at radius 1 is 1.10 bits per heavy atom. The number of aryl methyl sites for hydroxylation is 1. The van der Waals surface area contributed by atoms with Crippen LogP contribution in [0.4, 0.5) is 9.80 Å². The number of hydrogen-bond donors (Lipinski definition) is 3. The van der Waals surface area contributed by atoms with E-state index in [0.29, 0.717) is 10.6 Å². The number of amides is 2. The third-order valence-corrected chi connectivity index (χ3v) is 5.51. The van der Waals surface area contributed by atoms with Gasteiger partial charge in [0.2, 0.25) is 0 Å². The zero-order valence-electron chi connectivity index (χ0n) is 11.9. The van der Waals surface area contributed by atoms with Crippen molar-refractivity contribution in [3.63, 3.8) is 0 Å². The van der Waals surface area contributed by atoms with E-state index in [4.69, 9.17) is 0 Å². The highest BCUT2D eigenvalue weighted by molar-refractivity contribution is 7.17. The number of thiophene rings is 1. The van der Waals surface area contributed by atoms with Gasteiger partial charge in [0, 0.05) is 10.9 Å². The number of urea groups is 1. The van der Waals surface area contributed by atoms with Gasteiger partial charge in [-0.3, -0.25) is 5.32 Å². The second-order valence-electron chi connectivity index (χ2n) is 5.80. The third kappa shape index (κ3) is 3.05. The van der Waals surface area contributed by atoms with Gasteiger partial charge >= 0.3 is 12.0 Å². The fourth-order valence-electron chi connectivity index (χ4n) is 3.27. The van der Waals surface area contributed by atoms with E-state index < -0.39 is 5.97 Å². The molecule has 0 radical (unpaired) electrons. The van der Waals surface area contributed by atoms with Crippen LogP contribution >= 0.6 is 11.3 Å². The molecule has 3 rings (SSSR count). The summed E-state index contributed by atoms with van der Waals surface area (Å²) in [4.78, 5) is 24.7. The zero-order valence-corrected chi connectivity index (χ0v) is 12.7. The van der Waals surface area contributed by atoms with Gasteiger partial charge in [0.25, 0.3) is 0 Å². The number of carbonyl (C=O) groups excluding carboxylic acids is 1. The molecule has 0 spiro atoms. The molecular weight excluding hydrogens is 288 g/mol. The highest BCUT2D eigenvalue weighted by Gasteiger charge is 2.26. The van der Waals surface area contributed by atoms with Crippen molar-refractivity contribution in [2.45, 2.75) is 57.4 Å². The first kappa shape index (κ1) is 14.4. The van der Waals surface area contributed by atoms with E-state index in [0.717, 1.165) is 61.8 Å². The predicted octanol–water partition coefficient (Wildman–Crippen LogP) is 3.39. The normalized spacial score (nSPS) is 18.3. The van der Waals surface area contributed by atoms with E-state index in [1.807, 2.05) is 0 Å². The molecule has 6 heteroatoms. The van der Waals surface area contributed by atoms with E-state index in [1.165, 1.54) is 11.3 Å². The number of carboxylic acids is 1. The van der Waals surface area contributed by atoms with Crippen molar-refractivity contribution in [1.29, 1.82) is 0 Å². The van der Waals surface area contributed by atoms with Crippen LogP contribution in [0, 0.1) is 0 Å².